The van der Waals surface area contributed by atoms with Crippen molar-refractivity contribution < 1.29 is 9.18 Å². The maximum absolute atomic E-state index is 13.3. The monoisotopic (exact) mass is 316 g/mol. The molecular formula is C19H25FN2O. The number of benzene rings is 1. The number of carbonyl (C=O) groups excluding carboxylic acids is 1. The molecule has 3 rings (SSSR count). The standard InChI is InChI=1S/C19H25FN2O/c1-2-15-6-9-21(13-15)14-19(23)22-10-7-16(8-11-22)17-4-3-5-18(20)12-17/h3-5,7,12,15H,2,6,8-11,13-14H2,1H3. The molecule has 0 saturated carbocycles. The van der Waals surface area contributed by atoms with Gasteiger partial charge < -0.3 is 4.90 Å². The predicted octanol–water partition coefficient (Wildman–Crippen LogP) is 3.17. The third kappa shape index (κ3) is 3.99. The van der Waals surface area contributed by atoms with Gasteiger partial charge in [-0.25, -0.2) is 4.39 Å². The van der Waals surface area contributed by atoms with Gasteiger partial charge in [-0.15, -0.1) is 0 Å². The van der Waals surface area contributed by atoms with Gasteiger partial charge in [0.05, 0.1) is 6.54 Å². The van der Waals surface area contributed by atoms with Crippen LogP contribution in [0, 0.1) is 11.7 Å². The Morgan fingerprint density at radius 1 is 1.35 bits per heavy atom. The number of rotatable bonds is 4. The highest BCUT2D eigenvalue weighted by atomic mass is 19.1. The second-order valence-corrected chi connectivity index (χ2v) is 6.63. The van der Waals surface area contributed by atoms with Crippen molar-refractivity contribution in [3.05, 3.63) is 41.7 Å². The molecule has 124 valence electrons. The zero-order valence-corrected chi connectivity index (χ0v) is 13.8. The van der Waals surface area contributed by atoms with Crippen LogP contribution in [0.5, 0.6) is 0 Å². The van der Waals surface area contributed by atoms with Gasteiger partial charge in [0.1, 0.15) is 5.82 Å². The molecule has 1 aromatic carbocycles. The van der Waals surface area contributed by atoms with Crippen LogP contribution >= 0.6 is 0 Å². The lowest BCUT2D eigenvalue weighted by Crippen LogP contribution is -2.41. The van der Waals surface area contributed by atoms with Crippen molar-refractivity contribution in [3.8, 4) is 0 Å². The van der Waals surface area contributed by atoms with Gasteiger partial charge in [0.25, 0.3) is 0 Å². The van der Waals surface area contributed by atoms with E-state index in [2.05, 4.69) is 17.9 Å². The zero-order valence-electron chi connectivity index (χ0n) is 13.8. The average Bonchev–Trinajstić information content (AvgIpc) is 3.02. The Labute approximate surface area is 137 Å². The Hall–Kier alpha value is -1.68. The Morgan fingerprint density at radius 3 is 2.87 bits per heavy atom. The summed E-state index contributed by atoms with van der Waals surface area (Å²) in [4.78, 5) is 16.6. The molecule has 0 bridgehead atoms. The fraction of sp³-hybridized carbons (Fsp3) is 0.526. The van der Waals surface area contributed by atoms with Crippen molar-refractivity contribution in [2.75, 3.05) is 32.7 Å². The highest BCUT2D eigenvalue weighted by molar-refractivity contribution is 5.80. The SMILES string of the molecule is CCC1CCN(CC(=O)N2CC=C(c3cccc(F)c3)CC2)C1. The van der Waals surface area contributed by atoms with Crippen molar-refractivity contribution in [3.63, 3.8) is 0 Å². The van der Waals surface area contributed by atoms with Crippen LogP contribution in [0.3, 0.4) is 0 Å². The summed E-state index contributed by atoms with van der Waals surface area (Å²) >= 11 is 0. The minimum atomic E-state index is -0.207. The van der Waals surface area contributed by atoms with Gasteiger partial charge in [-0.2, -0.15) is 0 Å². The van der Waals surface area contributed by atoms with E-state index in [9.17, 15) is 9.18 Å². The van der Waals surface area contributed by atoms with Gasteiger partial charge in [0, 0.05) is 19.6 Å². The molecule has 1 atom stereocenters. The summed E-state index contributed by atoms with van der Waals surface area (Å²) in [6.07, 6.45) is 5.28. The van der Waals surface area contributed by atoms with Crippen molar-refractivity contribution in [1.29, 1.82) is 0 Å². The van der Waals surface area contributed by atoms with Crippen molar-refractivity contribution in [1.82, 2.24) is 9.80 Å². The molecule has 2 aliphatic rings. The summed E-state index contributed by atoms with van der Waals surface area (Å²) in [7, 11) is 0. The van der Waals surface area contributed by atoms with Crippen LogP contribution in [0.4, 0.5) is 4.39 Å². The first-order valence-corrected chi connectivity index (χ1v) is 8.61. The topological polar surface area (TPSA) is 23.6 Å². The second kappa shape index (κ2) is 7.26. The van der Waals surface area contributed by atoms with E-state index < -0.39 is 0 Å². The van der Waals surface area contributed by atoms with Crippen molar-refractivity contribution in [2.45, 2.75) is 26.2 Å². The first-order chi connectivity index (χ1) is 11.2. The molecule has 4 heteroatoms. The fourth-order valence-electron chi connectivity index (χ4n) is 3.53. The van der Waals surface area contributed by atoms with Crippen LogP contribution in [0.1, 0.15) is 31.7 Å². The molecular weight excluding hydrogens is 291 g/mol. The molecule has 0 aliphatic carbocycles. The molecule has 0 N–H and O–H groups in total. The quantitative estimate of drug-likeness (QED) is 0.852. The average molecular weight is 316 g/mol. The number of hydrogen-bond acceptors (Lipinski definition) is 2. The van der Waals surface area contributed by atoms with Gasteiger partial charge in [-0.3, -0.25) is 9.69 Å². The second-order valence-electron chi connectivity index (χ2n) is 6.63. The van der Waals surface area contributed by atoms with Crippen LogP contribution < -0.4 is 0 Å². The van der Waals surface area contributed by atoms with Crippen LogP contribution in [-0.2, 0) is 4.79 Å². The molecule has 3 nitrogen and oxygen atoms in total. The summed E-state index contributed by atoms with van der Waals surface area (Å²) < 4.78 is 13.3. The lowest BCUT2D eigenvalue weighted by atomic mass is 9.99. The van der Waals surface area contributed by atoms with E-state index in [1.54, 1.807) is 12.1 Å². The van der Waals surface area contributed by atoms with E-state index in [0.717, 1.165) is 43.1 Å². The molecule has 0 aromatic heterocycles. The maximum atomic E-state index is 13.3. The van der Waals surface area contributed by atoms with Crippen LogP contribution in [0.2, 0.25) is 0 Å². The summed E-state index contributed by atoms with van der Waals surface area (Å²) in [5, 5.41) is 0. The van der Waals surface area contributed by atoms with Crippen molar-refractivity contribution in [2.24, 2.45) is 5.92 Å². The Bertz CT molecular complexity index is 599. The van der Waals surface area contributed by atoms with Gasteiger partial charge in [0.2, 0.25) is 5.91 Å². The van der Waals surface area contributed by atoms with E-state index in [1.165, 1.54) is 18.9 Å². The van der Waals surface area contributed by atoms with Crippen LogP contribution in [0.15, 0.2) is 30.3 Å². The van der Waals surface area contributed by atoms with Gasteiger partial charge >= 0.3 is 0 Å². The number of halogens is 1. The number of amides is 1. The molecule has 0 radical (unpaired) electrons. The normalized spacial score (nSPS) is 22.3. The smallest absolute Gasteiger partial charge is 0.237 e. The molecule has 1 aromatic rings. The molecule has 1 amide bonds. The Balaban J connectivity index is 1.54. The summed E-state index contributed by atoms with van der Waals surface area (Å²) in [6.45, 7) is 6.23. The van der Waals surface area contributed by atoms with E-state index in [1.807, 2.05) is 11.0 Å². The van der Waals surface area contributed by atoms with Crippen LogP contribution in [-0.4, -0.2) is 48.4 Å². The zero-order chi connectivity index (χ0) is 16.2. The molecule has 1 fully saturated rings. The van der Waals surface area contributed by atoms with Crippen LogP contribution in [0.25, 0.3) is 5.57 Å². The predicted molar refractivity (Wildman–Crippen MR) is 90.4 cm³/mol. The molecule has 2 aliphatic heterocycles. The number of carbonyl (C=O) groups is 1. The van der Waals surface area contributed by atoms with E-state index >= 15 is 0 Å². The Morgan fingerprint density at radius 2 is 2.22 bits per heavy atom. The lowest BCUT2D eigenvalue weighted by Gasteiger charge is -2.28. The third-order valence-electron chi connectivity index (χ3n) is 5.06. The Kier molecular flexibility index (Phi) is 5.11. The van der Waals surface area contributed by atoms with Gasteiger partial charge in [0.15, 0.2) is 0 Å². The number of likely N-dealkylation sites (tertiary alicyclic amines) is 1. The fourth-order valence-corrected chi connectivity index (χ4v) is 3.53. The van der Waals surface area contributed by atoms with E-state index in [4.69, 9.17) is 0 Å². The highest BCUT2D eigenvalue weighted by Crippen LogP contribution is 2.23. The van der Waals surface area contributed by atoms with Gasteiger partial charge in [-0.1, -0.05) is 31.6 Å². The number of nitrogens with zero attached hydrogens (tertiary/aromatic N) is 2. The maximum Gasteiger partial charge on any atom is 0.237 e. The number of hydrogen-bond donors (Lipinski definition) is 0. The van der Waals surface area contributed by atoms with Gasteiger partial charge in [-0.05, 0) is 48.6 Å². The largest absolute Gasteiger partial charge is 0.338 e. The first kappa shape index (κ1) is 16.2. The summed E-state index contributed by atoms with van der Waals surface area (Å²) in [5.74, 6) is 0.765. The van der Waals surface area contributed by atoms with E-state index in [-0.39, 0.29) is 11.7 Å². The first-order valence-electron chi connectivity index (χ1n) is 8.61. The molecule has 23 heavy (non-hydrogen) atoms. The van der Waals surface area contributed by atoms with E-state index in [0.29, 0.717) is 13.1 Å². The minimum Gasteiger partial charge on any atom is -0.338 e. The lowest BCUT2D eigenvalue weighted by molar-refractivity contribution is -0.131. The summed E-state index contributed by atoms with van der Waals surface area (Å²) in [5.41, 5.74) is 2.07. The van der Waals surface area contributed by atoms with Crippen molar-refractivity contribution >= 4 is 11.5 Å². The highest BCUT2D eigenvalue weighted by Gasteiger charge is 2.25. The molecule has 0 spiro atoms. The summed E-state index contributed by atoms with van der Waals surface area (Å²) in [6, 6.07) is 6.70. The molecule has 1 saturated heterocycles. The third-order valence-corrected chi connectivity index (χ3v) is 5.06. The minimum absolute atomic E-state index is 0.207. The molecule has 1 unspecified atom stereocenters. The molecule has 2 heterocycles.